The van der Waals surface area contributed by atoms with Crippen LogP contribution in [-0.2, 0) is 11.2 Å². The Balaban J connectivity index is 2.18. The number of halogens is 2. The maximum Gasteiger partial charge on any atom is 0.277 e. The number of aryl methyl sites for hydroxylation is 1. The highest BCUT2D eigenvalue weighted by Gasteiger charge is 2.26. The summed E-state index contributed by atoms with van der Waals surface area (Å²) in [5, 5.41) is 2.19. The highest BCUT2D eigenvalue weighted by atomic mass is 19.3. The summed E-state index contributed by atoms with van der Waals surface area (Å²) in [5.41, 5.74) is 6.00. The van der Waals surface area contributed by atoms with Gasteiger partial charge in [-0.2, -0.15) is 0 Å². The normalized spacial score (nSPS) is 11.3. The van der Waals surface area contributed by atoms with E-state index in [1.54, 1.807) is 0 Å². The lowest BCUT2D eigenvalue weighted by Crippen LogP contribution is -2.41. The Morgan fingerprint density at radius 3 is 2.56 bits per heavy atom. The van der Waals surface area contributed by atoms with E-state index in [9.17, 15) is 13.6 Å². The minimum Gasteiger partial charge on any atom is -0.350 e. The van der Waals surface area contributed by atoms with Gasteiger partial charge in [0.05, 0.1) is 13.1 Å². The van der Waals surface area contributed by atoms with Gasteiger partial charge >= 0.3 is 0 Å². The van der Waals surface area contributed by atoms with Crippen LogP contribution in [0.4, 0.5) is 8.78 Å². The topological polar surface area (TPSA) is 55.1 Å². The molecule has 1 aromatic carbocycles. The van der Waals surface area contributed by atoms with Gasteiger partial charge in [0, 0.05) is 6.42 Å². The second-order valence-corrected chi connectivity index (χ2v) is 4.18. The zero-order valence-electron chi connectivity index (χ0n) is 10.2. The van der Waals surface area contributed by atoms with Gasteiger partial charge in [-0.25, -0.2) is 8.78 Å². The third kappa shape index (κ3) is 5.72. The summed E-state index contributed by atoms with van der Waals surface area (Å²) in [5.74, 6) is -3.38. The first-order valence-electron chi connectivity index (χ1n) is 5.92. The summed E-state index contributed by atoms with van der Waals surface area (Å²) < 4.78 is 25.5. The van der Waals surface area contributed by atoms with Crippen molar-refractivity contribution >= 4 is 5.91 Å². The summed E-state index contributed by atoms with van der Waals surface area (Å²) in [4.78, 5) is 11.3. The molecule has 18 heavy (non-hydrogen) atoms. The van der Waals surface area contributed by atoms with Crippen molar-refractivity contribution in [3.8, 4) is 0 Å². The molecule has 1 aromatic rings. The van der Waals surface area contributed by atoms with Crippen molar-refractivity contribution in [3.05, 3.63) is 35.9 Å². The Bertz CT molecular complexity index is 369. The average molecular weight is 256 g/mol. The molecule has 0 saturated carbocycles. The predicted octanol–water partition coefficient (Wildman–Crippen LogP) is 1.72. The van der Waals surface area contributed by atoms with Gasteiger partial charge in [-0.3, -0.25) is 4.79 Å². The SMILES string of the molecule is NCC(F)(F)CNC(=O)CCCc1ccccc1. The molecule has 3 nitrogen and oxygen atoms in total. The molecule has 1 amide bonds. The molecular formula is C13H18F2N2O. The van der Waals surface area contributed by atoms with Crippen LogP contribution in [0.1, 0.15) is 18.4 Å². The molecule has 0 unspecified atom stereocenters. The number of hydrogen-bond donors (Lipinski definition) is 2. The molecule has 0 aliphatic heterocycles. The quantitative estimate of drug-likeness (QED) is 0.780. The van der Waals surface area contributed by atoms with Crippen molar-refractivity contribution in [2.75, 3.05) is 13.1 Å². The van der Waals surface area contributed by atoms with Gasteiger partial charge in [0.25, 0.3) is 5.92 Å². The van der Waals surface area contributed by atoms with E-state index in [2.05, 4.69) is 5.32 Å². The first-order valence-corrected chi connectivity index (χ1v) is 5.92. The molecule has 0 fully saturated rings. The molecule has 0 spiro atoms. The van der Waals surface area contributed by atoms with E-state index in [1.165, 1.54) is 0 Å². The number of amides is 1. The van der Waals surface area contributed by atoms with Gasteiger partial charge in [-0.1, -0.05) is 30.3 Å². The van der Waals surface area contributed by atoms with E-state index in [0.29, 0.717) is 6.42 Å². The molecule has 0 saturated heterocycles. The lowest BCUT2D eigenvalue weighted by Gasteiger charge is -2.14. The number of nitrogens with two attached hydrogens (primary N) is 1. The maximum absolute atomic E-state index is 12.8. The van der Waals surface area contributed by atoms with Crippen LogP contribution in [0.5, 0.6) is 0 Å². The Hall–Kier alpha value is -1.49. The molecule has 100 valence electrons. The number of rotatable bonds is 7. The number of hydrogen-bond acceptors (Lipinski definition) is 2. The standard InChI is InChI=1S/C13H18F2N2O/c14-13(15,9-16)10-17-12(18)8-4-7-11-5-2-1-3-6-11/h1-3,5-6H,4,7-10,16H2,(H,17,18). The Labute approximate surface area is 105 Å². The van der Waals surface area contributed by atoms with Crippen LogP contribution in [0, 0.1) is 0 Å². The van der Waals surface area contributed by atoms with Crippen LogP contribution in [0.15, 0.2) is 30.3 Å². The third-order valence-electron chi connectivity index (χ3n) is 2.55. The molecule has 0 aromatic heterocycles. The molecule has 0 radical (unpaired) electrons. The zero-order valence-corrected chi connectivity index (χ0v) is 10.2. The number of benzene rings is 1. The molecule has 0 aliphatic rings. The van der Waals surface area contributed by atoms with Crippen LogP contribution in [0.25, 0.3) is 0 Å². The van der Waals surface area contributed by atoms with Gasteiger partial charge in [0.2, 0.25) is 5.91 Å². The summed E-state index contributed by atoms with van der Waals surface area (Å²) in [6, 6.07) is 9.72. The predicted molar refractivity (Wildman–Crippen MR) is 66.4 cm³/mol. The van der Waals surface area contributed by atoms with Crippen LogP contribution < -0.4 is 11.1 Å². The fourth-order valence-electron chi connectivity index (χ4n) is 1.49. The lowest BCUT2D eigenvalue weighted by molar-refractivity contribution is -0.122. The van der Waals surface area contributed by atoms with E-state index < -0.39 is 19.0 Å². The van der Waals surface area contributed by atoms with E-state index in [-0.39, 0.29) is 12.3 Å². The first-order chi connectivity index (χ1) is 8.53. The fraction of sp³-hybridized carbons (Fsp3) is 0.462. The highest BCUT2D eigenvalue weighted by Crippen LogP contribution is 2.09. The first kappa shape index (κ1) is 14.6. The number of nitrogens with one attached hydrogen (secondary N) is 1. The van der Waals surface area contributed by atoms with Crippen LogP contribution in [0.2, 0.25) is 0 Å². The molecule has 0 bridgehead atoms. The van der Waals surface area contributed by atoms with Gasteiger partial charge in [-0.15, -0.1) is 0 Å². The van der Waals surface area contributed by atoms with E-state index in [0.717, 1.165) is 12.0 Å². The molecule has 0 aliphatic carbocycles. The van der Waals surface area contributed by atoms with E-state index in [4.69, 9.17) is 5.73 Å². The van der Waals surface area contributed by atoms with Gasteiger partial charge in [0.15, 0.2) is 0 Å². The van der Waals surface area contributed by atoms with E-state index >= 15 is 0 Å². The average Bonchev–Trinajstić information content (AvgIpc) is 2.38. The Kier molecular flexibility index (Phi) is 5.71. The second kappa shape index (κ2) is 7.06. The molecule has 3 N–H and O–H groups in total. The maximum atomic E-state index is 12.8. The fourth-order valence-corrected chi connectivity index (χ4v) is 1.49. The van der Waals surface area contributed by atoms with Crippen molar-refractivity contribution in [2.24, 2.45) is 5.73 Å². The monoisotopic (exact) mass is 256 g/mol. The number of carbonyl (C=O) groups excluding carboxylic acids is 1. The molecule has 1 rings (SSSR count). The van der Waals surface area contributed by atoms with E-state index in [1.807, 2.05) is 30.3 Å². The minimum absolute atomic E-state index is 0.246. The lowest BCUT2D eigenvalue weighted by atomic mass is 10.1. The van der Waals surface area contributed by atoms with Crippen LogP contribution in [0.3, 0.4) is 0 Å². The smallest absolute Gasteiger partial charge is 0.277 e. The molecule has 0 heterocycles. The third-order valence-corrected chi connectivity index (χ3v) is 2.55. The number of alkyl halides is 2. The second-order valence-electron chi connectivity index (χ2n) is 4.18. The molecule has 0 atom stereocenters. The molecular weight excluding hydrogens is 238 g/mol. The minimum atomic E-state index is -3.02. The molecule has 5 heteroatoms. The summed E-state index contributed by atoms with van der Waals surface area (Å²) in [6.07, 6.45) is 1.65. The summed E-state index contributed by atoms with van der Waals surface area (Å²) >= 11 is 0. The van der Waals surface area contributed by atoms with Crippen molar-refractivity contribution in [3.63, 3.8) is 0 Å². The van der Waals surface area contributed by atoms with Gasteiger partial charge in [-0.05, 0) is 18.4 Å². The van der Waals surface area contributed by atoms with Crippen LogP contribution >= 0.6 is 0 Å². The van der Waals surface area contributed by atoms with Gasteiger partial charge < -0.3 is 11.1 Å². The van der Waals surface area contributed by atoms with Crippen LogP contribution in [-0.4, -0.2) is 24.9 Å². The Morgan fingerprint density at radius 1 is 1.28 bits per heavy atom. The highest BCUT2D eigenvalue weighted by molar-refractivity contribution is 5.75. The Morgan fingerprint density at radius 2 is 1.94 bits per heavy atom. The summed E-state index contributed by atoms with van der Waals surface area (Å²) in [6.45, 7) is -1.44. The number of carbonyl (C=O) groups is 1. The van der Waals surface area contributed by atoms with Crippen molar-refractivity contribution < 1.29 is 13.6 Å². The van der Waals surface area contributed by atoms with Crippen molar-refractivity contribution in [1.82, 2.24) is 5.32 Å². The van der Waals surface area contributed by atoms with Crippen molar-refractivity contribution in [1.29, 1.82) is 0 Å². The van der Waals surface area contributed by atoms with Crippen molar-refractivity contribution in [2.45, 2.75) is 25.2 Å². The van der Waals surface area contributed by atoms with Gasteiger partial charge in [0.1, 0.15) is 0 Å². The zero-order chi connectivity index (χ0) is 13.4. The summed E-state index contributed by atoms with van der Waals surface area (Å²) in [7, 11) is 0. The largest absolute Gasteiger partial charge is 0.350 e.